The molecule has 0 radical (unpaired) electrons. The van der Waals surface area contributed by atoms with Crippen molar-refractivity contribution in [2.75, 3.05) is 6.79 Å². The standard InChI is InChI=1S/C12H10N2O6/c1-6-8(14-20-13-6)4-17-9-3-11-10(18-5-19-11)2-7(9)12(15)16/h2-3H,4-5H2,1H3,(H,15,16). The van der Waals surface area contributed by atoms with Crippen LogP contribution < -0.4 is 14.2 Å². The molecule has 8 heteroatoms. The molecule has 1 aromatic heterocycles. The van der Waals surface area contributed by atoms with E-state index in [-0.39, 0.29) is 24.7 Å². The zero-order chi connectivity index (χ0) is 14.1. The highest BCUT2D eigenvalue weighted by atomic mass is 16.7. The number of aromatic nitrogens is 2. The number of carbonyl (C=O) groups is 1. The van der Waals surface area contributed by atoms with E-state index in [1.807, 2.05) is 0 Å². The van der Waals surface area contributed by atoms with Crippen LogP contribution in [-0.2, 0) is 6.61 Å². The molecule has 0 unspecified atom stereocenters. The maximum absolute atomic E-state index is 11.2. The molecular formula is C12H10N2O6. The van der Waals surface area contributed by atoms with Gasteiger partial charge < -0.3 is 19.3 Å². The second-order valence-corrected chi connectivity index (χ2v) is 4.09. The summed E-state index contributed by atoms with van der Waals surface area (Å²) in [6.45, 7) is 1.83. The van der Waals surface area contributed by atoms with Crippen molar-refractivity contribution in [1.82, 2.24) is 10.3 Å². The lowest BCUT2D eigenvalue weighted by Gasteiger charge is -2.09. The second-order valence-electron chi connectivity index (χ2n) is 4.09. The molecule has 20 heavy (non-hydrogen) atoms. The van der Waals surface area contributed by atoms with Crippen LogP contribution in [0.2, 0.25) is 0 Å². The maximum Gasteiger partial charge on any atom is 0.339 e. The zero-order valence-electron chi connectivity index (χ0n) is 10.5. The fourth-order valence-corrected chi connectivity index (χ4v) is 1.74. The Morgan fingerprint density at radius 1 is 1.35 bits per heavy atom. The third kappa shape index (κ3) is 2.11. The Morgan fingerprint density at radius 3 is 2.75 bits per heavy atom. The van der Waals surface area contributed by atoms with Crippen LogP contribution in [-0.4, -0.2) is 28.2 Å². The van der Waals surface area contributed by atoms with E-state index in [2.05, 4.69) is 14.9 Å². The smallest absolute Gasteiger partial charge is 0.339 e. The highest BCUT2D eigenvalue weighted by Crippen LogP contribution is 2.38. The van der Waals surface area contributed by atoms with Gasteiger partial charge in [0.05, 0.1) is 0 Å². The van der Waals surface area contributed by atoms with Gasteiger partial charge in [-0.2, -0.15) is 0 Å². The van der Waals surface area contributed by atoms with Crippen LogP contribution in [0.3, 0.4) is 0 Å². The predicted molar refractivity (Wildman–Crippen MR) is 62.9 cm³/mol. The number of aromatic carboxylic acids is 1. The quantitative estimate of drug-likeness (QED) is 0.894. The normalized spacial score (nSPS) is 12.4. The third-order valence-corrected chi connectivity index (χ3v) is 2.82. The molecule has 3 rings (SSSR count). The average molecular weight is 278 g/mol. The Bertz CT molecular complexity index is 666. The summed E-state index contributed by atoms with van der Waals surface area (Å²) >= 11 is 0. The summed E-state index contributed by atoms with van der Waals surface area (Å²) in [6, 6.07) is 2.85. The van der Waals surface area contributed by atoms with E-state index in [4.69, 9.17) is 14.2 Å². The minimum atomic E-state index is -1.12. The van der Waals surface area contributed by atoms with E-state index in [1.165, 1.54) is 12.1 Å². The number of nitrogens with zero attached hydrogens (tertiary/aromatic N) is 2. The van der Waals surface area contributed by atoms with E-state index in [9.17, 15) is 9.90 Å². The van der Waals surface area contributed by atoms with Gasteiger partial charge in [-0.3, -0.25) is 0 Å². The lowest BCUT2D eigenvalue weighted by atomic mass is 10.2. The van der Waals surface area contributed by atoms with E-state index >= 15 is 0 Å². The average Bonchev–Trinajstić information content (AvgIpc) is 3.03. The topological polar surface area (TPSA) is 104 Å². The Balaban J connectivity index is 1.88. The van der Waals surface area contributed by atoms with Gasteiger partial charge in [0, 0.05) is 12.1 Å². The van der Waals surface area contributed by atoms with Gasteiger partial charge in [0.25, 0.3) is 0 Å². The third-order valence-electron chi connectivity index (χ3n) is 2.82. The van der Waals surface area contributed by atoms with E-state index in [0.717, 1.165) is 0 Å². The first-order chi connectivity index (χ1) is 9.65. The molecule has 1 aromatic carbocycles. The molecule has 1 aliphatic rings. The first-order valence-electron chi connectivity index (χ1n) is 5.73. The number of rotatable bonds is 4. The number of aryl methyl sites for hydroxylation is 1. The van der Waals surface area contributed by atoms with E-state index in [0.29, 0.717) is 22.9 Å². The summed E-state index contributed by atoms with van der Waals surface area (Å²) in [7, 11) is 0. The molecule has 0 saturated heterocycles. The van der Waals surface area contributed by atoms with Crippen LogP contribution in [0.15, 0.2) is 16.8 Å². The highest BCUT2D eigenvalue weighted by Gasteiger charge is 2.22. The SMILES string of the molecule is Cc1nonc1COc1cc2c(cc1C(=O)O)OCO2. The number of benzene rings is 1. The Morgan fingerprint density at radius 2 is 2.10 bits per heavy atom. The van der Waals surface area contributed by atoms with E-state index in [1.54, 1.807) is 6.92 Å². The van der Waals surface area contributed by atoms with Crippen molar-refractivity contribution < 1.29 is 28.7 Å². The largest absolute Gasteiger partial charge is 0.486 e. The summed E-state index contributed by atoms with van der Waals surface area (Å²) in [6.07, 6.45) is 0. The van der Waals surface area contributed by atoms with Crippen molar-refractivity contribution in [1.29, 1.82) is 0 Å². The molecule has 2 heterocycles. The van der Waals surface area contributed by atoms with Crippen LogP contribution in [0.25, 0.3) is 0 Å². The van der Waals surface area contributed by atoms with Crippen molar-refractivity contribution in [2.45, 2.75) is 13.5 Å². The molecule has 0 amide bonds. The molecule has 0 fully saturated rings. The molecule has 1 N–H and O–H groups in total. The molecule has 0 bridgehead atoms. The van der Waals surface area contributed by atoms with Gasteiger partial charge in [-0.1, -0.05) is 10.3 Å². The van der Waals surface area contributed by atoms with Crippen LogP contribution in [0, 0.1) is 6.92 Å². The molecule has 0 atom stereocenters. The van der Waals surface area contributed by atoms with Crippen LogP contribution in [0.1, 0.15) is 21.7 Å². The van der Waals surface area contributed by atoms with Crippen molar-refractivity contribution in [2.24, 2.45) is 0 Å². The minimum Gasteiger partial charge on any atom is -0.486 e. The molecular weight excluding hydrogens is 268 g/mol. The Kier molecular flexibility index (Phi) is 2.90. The molecule has 2 aromatic rings. The molecule has 0 spiro atoms. The second kappa shape index (κ2) is 4.72. The summed E-state index contributed by atoms with van der Waals surface area (Å²) in [5.41, 5.74) is 1.07. The van der Waals surface area contributed by atoms with Crippen molar-refractivity contribution in [3.8, 4) is 17.2 Å². The predicted octanol–water partition coefficient (Wildman–Crippen LogP) is 1.38. The van der Waals surface area contributed by atoms with Crippen molar-refractivity contribution in [3.05, 3.63) is 29.1 Å². The Hall–Kier alpha value is -2.77. The fraction of sp³-hybridized carbons (Fsp3) is 0.250. The first-order valence-corrected chi connectivity index (χ1v) is 5.73. The van der Waals surface area contributed by atoms with Gasteiger partial charge in [-0.15, -0.1) is 0 Å². The van der Waals surface area contributed by atoms with Gasteiger partial charge in [-0.05, 0) is 6.92 Å². The van der Waals surface area contributed by atoms with Gasteiger partial charge >= 0.3 is 5.97 Å². The van der Waals surface area contributed by atoms with Crippen LogP contribution >= 0.6 is 0 Å². The summed E-state index contributed by atoms with van der Waals surface area (Å²) < 4.78 is 20.3. The molecule has 1 aliphatic heterocycles. The van der Waals surface area contributed by atoms with Crippen LogP contribution in [0.4, 0.5) is 0 Å². The summed E-state index contributed by atoms with van der Waals surface area (Å²) in [4.78, 5) is 11.2. The van der Waals surface area contributed by atoms with Gasteiger partial charge in [0.15, 0.2) is 11.5 Å². The number of fused-ring (bicyclic) bond motifs is 1. The van der Waals surface area contributed by atoms with Gasteiger partial charge in [0.2, 0.25) is 6.79 Å². The lowest BCUT2D eigenvalue weighted by Crippen LogP contribution is -2.04. The summed E-state index contributed by atoms with van der Waals surface area (Å²) in [5, 5.41) is 16.5. The fourth-order valence-electron chi connectivity index (χ4n) is 1.74. The molecule has 0 saturated carbocycles. The molecule has 0 aliphatic carbocycles. The zero-order valence-corrected chi connectivity index (χ0v) is 10.5. The monoisotopic (exact) mass is 278 g/mol. The van der Waals surface area contributed by atoms with Gasteiger partial charge in [0.1, 0.15) is 29.3 Å². The molecule has 8 nitrogen and oxygen atoms in total. The number of carboxylic acid groups (broad SMARTS) is 1. The number of ether oxygens (including phenoxy) is 3. The van der Waals surface area contributed by atoms with Crippen molar-refractivity contribution in [3.63, 3.8) is 0 Å². The number of carboxylic acids is 1. The number of hydrogen-bond acceptors (Lipinski definition) is 7. The highest BCUT2D eigenvalue weighted by molar-refractivity contribution is 5.92. The lowest BCUT2D eigenvalue weighted by molar-refractivity contribution is 0.0691. The number of hydrogen-bond donors (Lipinski definition) is 1. The molecule has 104 valence electrons. The maximum atomic E-state index is 11.2. The Labute approximate surface area is 112 Å². The van der Waals surface area contributed by atoms with Crippen molar-refractivity contribution >= 4 is 5.97 Å². The van der Waals surface area contributed by atoms with Gasteiger partial charge in [-0.25, -0.2) is 9.42 Å². The van der Waals surface area contributed by atoms with E-state index < -0.39 is 5.97 Å². The summed E-state index contributed by atoms with van der Waals surface area (Å²) in [5.74, 6) is -0.119. The van der Waals surface area contributed by atoms with Crippen LogP contribution in [0.5, 0.6) is 17.2 Å². The minimum absolute atomic E-state index is 0.0108. The first kappa shape index (κ1) is 12.3.